The van der Waals surface area contributed by atoms with Gasteiger partial charge in [0.1, 0.15) is 19.0 Å². The van der Waals surface area contributed by atoms with Crippen molar-refractivity contribution < 1.29 is 19.7 Å². The van der Waals surface area contributed by atoms with Crippen molar-refractivity contribution in [1.29, 1.82) is 0 Å². The number of hydrogen-bond acceptors (Lipinski definition) is 7. The maximum Gasteiger partial charge on any atom is 0.407 e. The molecule has 0 spiro atoms. The summed E-state index contributed by atoms with van der Waals surface area (Å²) >= 11 is 0. The highest BCUT2D eigenvalue weighted by Crippen LogP contribution is 2.44. The smallest absolute Gasteiger partial charge is 0.407 e. The van der Waals surface area contributed by atoms with E-state index in [1.807, 2.05) is 24.3 Å². The van der Waals surface area contributed by atoms with Crippen LogP contribution in [-0.4, -0.2) is 55.1 Å². The van der Waals surface area contributed by atoms with Crippen molar-refractivity contribution in [2.45, 2.75) is 24.5 Å². The second-order valence-electron chi connectivity index (χ2n) is 8.34. The lowest BCUT2D eigenvalue weighted by molar-refractivity contribution is 0.0132. The number of aliphatic hydroxyl groups is 2. The number of aliphatic hydroxyl groups excluding tert-OH is 2. The lowest BCUT2D eigenvalue weighted by Crippen LogP contribution is -2.30. The van der Waals surface area contributed by atoms with Gasteiger partial charge in [-0.25, -0.2) is 19.7 Å². The van der Waals surface area contributed by atoms with E-state index in [4.69, 9.17) is 4.74 Å². The number of nitrogens with zero attached hydrogens (tertiary/aromatic N) is 4. The average molecular weight is 472 g/mol. The average Bonchev–Trinajstić information content (AvgIpc) is 3.54. The summed E-state index contributed by atoms with van der Waals surface area (Å²) in [5, 5.41) is 23.4. The number of carbonyl (C=O) groups is 1. The highest BCUT2D eigenvalue weighted by atomic mass is 16.5. The summed E-state index contributed by atoms with van der Waals surface area (Å²) < 4.78 is 7.12. The molecule has 3 N–H and O–H groups in total. The summed E-state index contributed by atoms with van der Waals surface area (Å²) in [7, 11) is 0. The Hall–Kier alpha value is -4.08. The Morgan fingerprint density at radius 1 is 1.03 bits per heavy atom. The number of amides is 1. The van der Waals surface area contributed by atoms with Crippen molar-refractivity contribution in [2.24, 2.45) is 0 Å². The monoisotopic (exact) mass is 471 g/mol. The minimum Gasteiger partial charge on any atom is -0.449 e. The maximum atomic E-state index is 12.3. The van der Waals surface area contributed by atoms with Gasteiger partial charge in [0.05, 0.1) is 6.10 Å². The van der Waals surface area contributed by atoms with Crippen molar-refractivity contribution in [2.75, 3.05) is 13.2 Å². The van der Waals surface area contributed by atoms with E-state index >= 15 is 0 Å². The summed E-state index contributed by atoms with van der Waals surface area (Å²) in [5.41, 5.74) is 4.98. The molecule has 0 bridgehead atoms. The van der Waals surface area contributed by atoms with Crippen molar-refractivity contribution in [3.63, 3.8) is 0 Å². The SMILES string of the molecule is O=C(NCCC(O)C(O)c1cnc(-n2ccnc2)nc1)OCC1c2ccccc2-c2ccccc21. The molecule has 2 aromatic carbocycles. The molecule has 0 fully saturated rings. The van der Waals surface area contributed by atoms with Gasteiger partial charge in [-0.05, 0) is 28.7 Å². The van der Waals surface area contributed by atoms with E-state index in [2.05, 4.69) is 44.5 Å². The predicted octanol–water partition coefficient (Wildman–Crippen LogP) is 2.99. The van der Waals surface area contributed by atoms with Gasteiger partial charge in [0.25, 0.3) is 0 Å². The van der Waals surface area contributed by atoms with E-state index in [1.54, 1.807) is 23.3 Å². The molecule has 0 saturated carbocycles. The highest BCUT2D eigenvalue weighted by molar-refractivity contribution is 5.79. The van der Waals surface area contributed by atoms with Gasteiger partial charge in [-0.2, -0.15) is 0 Å². The van der Waals surface area contributed by atoms with Crippen LogP contribution in [0, 0.1) is 0 Å². The van der Waals surface area contributed by atoms with E-state index in [0.29, 0.717) is 11.5 Å². The van der Waals surface area contributed by atoms with Crippen LogP contribution in [0.5, 0.6) is 0 Å². The molecule has 2 atom stereocenters. The Morgan fingerprint density at radius 2 is 1.69 bits per heavy atom. The molecule has 9 nitrogen and oxygen atoms in total. The van der Waals surface area contributed by atoms with E-state index in [1.165, 1.54) is 12.4 Å². The molecule has 2 unspecified atom stereocenters. The van der Waals surface area contributed by atoms with Gasteiger partial charge in [0.2, 0.25) is 5.95 Å². The number of rotatable bonds is 8. The third-order valence-electron chi connectivity index (χ3n) is 6.15. The minimum absolute atomic E-state index is 0.0224. The molecule has 1 amide bonds. The number of benzene rings is 2. The first-order valence-electron chi connectivity index (χ1n) is 11.4. The normalized spacial score (nSPS) is 14.1. The molecule has 5 rings (SSSR count). The summed E-state index contributed by atoms with van der Waals surface area (Å²) in [5.74, 6) is 0.385. The molecule has 2 aromatic heterocycles. The molecule has 0 aliphatic heterocycles. The molecule has 35 heavy (non-hydrogen) atoms. The topological polar surface area (TPSA) is 122 Å². The van der Waals surface area contributed by atoms with Gasteiger partial charge < -0.3 is 20.3 Å². The third kappa shape index (κ3) is 4.77. The Labute approximate surface area is 202 Å². The van der Waals surface area contributed by atoms with E-state index < -0.39 is 18.3 Å². The van der Waals surface area contributed by atoms with Crippen molar-refractivity contribution in [3.8, 4) is 17.1 Å². The molecule has 0 saturated heterocycles. The number of hydrogen-bond donors (Lipinski definition) is 3. The van der Waals surface area contributed by atoms with Gasteiger partial charge in [-0.15, -0.1) is 0 Å². The largest absolute Gasteiger partial charge is 0.449 e. The zero-order valence-corrected chi connectivity index (χ0v) is 18.9. The van der Waals surface area contributed by atoms with Crippen molar-refractivity contribution in [3.05, 3.63) is 96.3 Å². The molecule has 0 radical (unpaired) electrons. The van der Waals surface area contributed by atoms with Gasteiger partial charge in [0.15, 0.2) is 0 Å². The fraction of sp³-hybridized carbons (Fsp3) is 0.231. The standard InChI is InChI=1S/C26H25N5O4/c32-23(24(33)17-13-29-25(30-14-17)31-12-11-27-16-31)9-10-28-26(34)35-15-22-20-7-3-1-5-18(20)19-6-2-4-8-21(19)22/h1-8,11-14,16,22-24,32-33H,9-10,15H2,(H,28,34). The second-order valence-corrected chi connectivity index (χ2v) is 8.34. The molecular formula is C26H25N5O4. The quantitative estimate of drug-likeness (QED) is 0.361. The zero-order valence-electron chi connectivity index (χ0n) is 18.9. The fourth-order valence-electron chi connectivity index (χ4n) is 4.35. The third-order valence-corrected chi connectivity index (χ3v) is 6.15. The van der Waals surface area contributed by atoms with Crippen LogP contribution in [0.25, 0.3) is 17.1 Å². The molecule has 4 aromatic rings. The van der Waals surface area contributed by atoms with Crippen LogP contribution in [0.1, 0.15) is 35.1 Å². The van der Waals surface area contributed by atoms with Crippen LogP contribution in [-0.2, 0) is 4.74 Å². The van der Waals surface area contributed by atoms with Crippen LogP contribution in [0.3, 0.4) is 0 Å². The van der Waals surface area contributed by atoms with Crippen molar-refractivity contribution in [1.82, 2.24) is 24.8 Å². The molecular weight excluding hydrogens is 446 g/mol. The molecule has 1 aliphatic rings. The zero-order chi connectivity index (χ0) is 24.2. The lowest BCUT2D eigenvalue weighted by Gasteiger charge is -2.18. The first-order valence-corrected chi connectivity index (χ1v) is 11.4. The van der Waals surface area contributed by atoms with E-state index in [9.17, 15) is 15.0 Å². The van der Waals surface area contributed by atoms with Gasteiger partial charge in [-0.3, -0.25) is 4.57 Å². The molecule has 1 aliphatic carbocycles. The van der Waals surface area contributed by atoms with Gasteiger partial charge in [0, 0.05) is 42.8 Å². The first-order chi connectivity index (χ1) is 17.1. The van der Waals surface area contributed by atoms with Gasteiger partial charge in [-0.1, -0.05) is 48.5 Å². The van der Waals surface area contributed by atoms with Crippen LogP contribution in [0.4, 0.5) is 4.79 Å². The number of alkyl carbamates (subject to hydrolysis) is 1. The number of fused-ring (bicyclic) bond motifs is 3. The molecule has 178 valence electrons. The van der Waals surface area contributed by atoms with E-state index in [-0.39, 0.29) is 25.5 Å². The van der Waals surface area contributed by atoms with Crippen LogP contribution in [0.15, 0.2) is 79.6 Å². The highest BCUT2D eigenvalue weighted by Gasteiger charge is 2.29. The Kier molecular flexibility index (Phi) is 6.51. The van der Waals surface area contributed by atoms with Crippen LogP contribution in [0.2, 0.25) is 0 Å². The van der Waals surface area contributed by atoms with Crippen molar-refractivity contribution >= 4 is 6.09 Å². The Bertz CT molecular complexity index is 1250. The number of imidazole rings is 1. The van der Waals surface area contributed by atoms with Crippen LogP contribution < -0.4 is 5.32 Å². The summed E-state index contributed by atoms with van der Waals surface area (Å²) in [4.78, 5) is 24.6. The summed E-state index contributed by atoms with van der Waals surface area (Å²) in [6.07, 6.45) is 5.06. The van der Waals surface area contributed by atoms with Gasteiger partial charge >= 0.3 is 6.09 Å². The number of nitrogens with one attached hydrogen (secondary N) is 1. The lowest BCUT2D eigenvalue weighted by atomic mass is 9.98. The second kappa shape index (κ2) is 10.0. The Morgan fingerprint density at radius 3 is 2.31 bits per heavy atom. The molecule has 2 heterocycles. The summed E-state index contributed by atoms with van der Waals surface area (Å²) in [6.45, 7) is 0.356. The summed E-state index contributed by atoms with van der Waals surface area (Å²) in [6, 6.07) is 16.3. The molecule has 9 heteroatoms. The minimum atomic E-state index is -1.18. The number of carbonyl (C=O) groups excluding carboxylic acids is 1. The fourth-order valence-corrected chi connectivity index (χ4v) is 4.35. The maximum absolute atomic E-state index is 12.3. The number of aromatic nitrogens is 4. The predicted molar refractivity (Wildman–Crippen MR) is 128 cm³/mol. The Balaban J connectivity index is 1.10. The van der Waals surface area contributed by atoms with Crippen LogP contribution >= 0.6 is 0 Å². The van der Waals surface area contributed by atoms with E-state index in [0.717, 1.165) is 22.3 Å². The number of ether oxygens (including phenoxy) is 1. The first kappa shape index (κ1) is 22.7.